The minimum Gasteiger partial charge on any atom is -0.481 e. The molecule has 1 atom stereocenters. The Kier molecular flexibility index (Phi) is 7.49. The zero-order valence-corrected chi connectivity index (χ0v) is 17.0. The van der Waals surface area contributed by atoms with Gasteiger partial charge in [0.25, 0.3) is 0 Å². The van der Waals surface area contributed by atoms with Crippen LogP contribution < -0.4 is 0 Å². The topological polar surface area (TPSA) is 62.0 Å². The van der Waals surface area contributed by atoms with Crippen LogP contribution in [0, 0.1) is 11.6 Å². The fraction of sp³-hybridized carbons (Fsp3) is 0.350. The molecule has 0 amide bonds. The summed E-state index contributed by atoms with van der Waals surface area (Å²) < 4.78 is 28.5. The molecule has 0 aliphatic rings. The summed E-state index contributed by atoms with van der Waals surface area (Å²) in [6, 6.07) is 6.48. The van der Waals surface area contributed by atoms with E-state index in [-0.39, 0.29) is 33.4 Å². The van der Waals surface area contributed by atoms with Crippen molar-refractivity contribution < 1.29 is 18.7 Å². The highest BCUT2D eigenvalue weighted by molar-refractivity contribution is 6.33. The predicted molar refractivity (Wildman–Crippen MR) is 106 cm³/mol. The van der Waals surface area contributed by atoms with Crippen LogP contribution in [0.15, 0.2) is 40.6 Å². The van der Waals surface area contributed by atoms with E-state index in [1.165, 1.54) is 18.2 Å². The van der Waals surface area contributed by atoms with E-state index in [0.29, 0.717) is 12.8 Å². The number of carbonyl (C=O) groups is 1. The number of nitrogens with zero attached hydrogens (tertiary/aromatic N) is 2. The van der Waals surface area contributed by atoms with Gasteiger partial charge in [0.1, 0.15) is 11.4 Å². The van der Waals surface area contributed by atoms with E-state index in [4.69, 9.17) is 23.2 Å². The minimum atomic E-state index is -1.25. The second kappa shape index (κ2) is 9.43. The summed E-state index contributed by atoms with van der Waals surface area (Å²) in [4.78, 5) is 12.0. The first-order chi connectivity index (χ1) is 13.3. The summed E-state index contributed by atoms with van der Waals surface area (Å²) in [5, 5.41) is 17.1. The number of benzene rings is 2. The van der Waals surface area contributed by atoms with Gasteiger partial charge in [-0.3, -0.25) is 4.79 Å². The van der Waals surface area contributed by atoms with Gasteiger partial charge in [0.05, 0.1) is 15.5 Å². The Morgan fingerprint density at radius 1 is 1.07 bits per heavy atom. The molecule has 1 unspecified atom stereocenters. The van der Waals surface area contributed by atoms with Gasteiger partial charge in [-0.15, -0.1) is 10.2 Å². The van der Waals surface area contributed by atoms with Crippen molar-refractivity contribution >= 4 is 40.5 Å². The van der Waals surface area contributed by atoms with Gasteiger partial charge < -0.3 is 5.11 Å². The number of aliphatic carboxylic acids is 1. The van der Waals surface area contributed by atoms with Gasteiger partial charge in [-0.1, -0.05) is 56.0 Å². The highest BCUT2D eigenvalue weighted by Crippen LogP contribution is 2.40. The van der Waals surface area contributed by atoms with Crippen LogP contribution in [0.5, 0.6) is 0 Å². The SMILES string of the molecule is CCCCC(CC)(C(=O)O)c1cc(F)c(N=Nc2c(F)cccc2Cl)c(Cl)c1. The molecule has 0 aliphatic carbocycles. The summed E-state index contributed by atoms with van der Waals surface area (Å²) in [7, 11) is 0. The number of hydrogen-bond donors (Lipinski definition) is 1. The van der Waals surface area contributed by atoms with Crippen LogP contribution in [-0.2, 0) is 10.2 Å². The molecule has 0 fully saturated rings. The maximum absolute atomic E-state index is 14.7. The summed E-state index contributed by atoms with van der Waals surface area (Å²) >= 11 is 12.0. The molecule has 0 bridgehead atoms. The molecule has 0 aliphatic heterocycles. The van der Waals surface area contributed by atoms with Gasteiger partial charge >= 0.3 is 5.97 Å². The zero-order chi connectivity index (χ0) is 20.9. The third-order valence-electron chi connectivity index (χ3n) is 4.73. The minimum absolute atomic E-state index is 0.0207. The molecule has 28 heavy (non-hydrogen) atoms. The van der Waals surface area contributed by atoms with E-state index in [1.54, 1.807) is 6.92 Å². The van der Waals surface area contributed by atoms with Crippen LogP contribution in [0.1, 0.15) is 45.1 Å². The smallest absolute Gasteiger partial charge is 0.314 e. The van der Waals surface area contributed by atoms with Crippen molar-refractivity contribution in [2.75, 3.05) is 0 Å². The normalized spacial score (nSPS) is 13.6. The summed E-state index contributed by atoms with van der Waals surface area (Å²) in [5.41, 5.74) is -1.53. The van der Waals surface area contributed by atoms with Crippen molar-refractivity contribution in [1.29, 1.82) is 0 Å². The molecule has 2 aromatic carbocycles. The Hall–Kier alpha value is -2.05. The number of rotatable bonds is 8. The highest BCUT2D eigenvalue weighted by Gasteiger charge is 2.39. The van der Waals surface area contributed by atoms with Gasteiger partial charge in [0, 0.05) is 0 Å². The molecule has 0 spiro atoms. The number of azo groups is 1. The third-order valence-corrected chi connectivity index (χ3v) is 5.32. The van der Waals surface area contributed by atoms with Crippen LogP contribution >= 0.6 is 23.2 Å². The summed E-state index contributed by atoms with van der Waals surface area (Å²) in [6.45, 7) is 3.69. The zero-order valence-electron chi connectivity index (χ0n) is 15.5. The molecule has 2 rings (SSSR count). The lowest BCUT2D eigenvalue weighted by atomic mass is 9.74. The summed E-state index contributed by atoms with van der Waals surface area (Å²) in [5.74, 6) is -2.58. The van der Waals surface area contributed by atoms with E-state index in [9.17, 15) is 18.7 Å². The van der Waals surface area contributed by atoms with Crippen molar-refractivity contribution in [3.63, 3.8) is 0 Å². The molecular weight excluding hydrogens is 409 g/mol. The van der Waals surface area contributed by atoms with Crippen LogP contribution in [0.4, 0.5) is 20.2 Å². The first-order valence-corrected chi connectivity index (χ1v) is 9.61. The average molecular weight is 429 g/mol. The molecule has 1 N–H and O–H groups in total. The number of carboxylic acid groups (broad SMARTS) is 1. The first kappa shape index (κ1) is 22.2. The summed E-state index contributed by atoms with van der Waals surface area (Å²) in [6.07, 6.45) is 2.12. The Bertz CT molecular complexity index is 863. The largest absolute Gasteiger partial charge is 0.481 e. The van der Waals surface area contributed by atoms with Crippen LogP contribution in [0.2, 0.25) is 10.0 Å². The second-order valence-corrected chi connectivity index (χ2v) is 7.22. The molecular formula is C20H20Cl2F2N2O2. The maximum Gasteiger partial charge on any atom is 0.314 e. The van der Waals surface area contributed by atoms with Crippen molar-refractivity contribution in [3.05, 3.63) is 57.6 Å². The van der Waals surface area contributed by atoms with Gasteiger partial charge in [0.15, 0.2) is 11.6 Å². The molecule has 2 aromatic rings. The molecule has 0 aromatic heterocycles. The second-order valence-electron chi connectivity index (χ2n) is 6.40. The number of unbranched alkanes of at least 4 members (excludes halogenated alkanes) is 1. The molecule has 0 saturated carbocycles. The lowest BCUT2D eigenvalue weighted by molar-refractivity contribution is -0.144. The van der Waals surface area contributed by atoms with E-state index in [1.807, 2.05) is 6.92 Å². The fourth-order valence-corrected chi connectivity index (χ4v) is 3.45. The molecule has 0 heterocycles. The lowest BCUT2D eigenvalue weighted by Crippen LogP contribution is -2.35. The van der Waals surface area contributed by atoms with Crippen LogP contribution in [0.25, 0.3) is 0 Å². The third kappa shape index (κ3) is 4.50. The van der Waals surface area contributed by atoms with Crippen molar-refractivity contribution in [3.8, 4) is 0 Å². The molecule has 8 heteroatoms. The van der Waals surface area contributed by atoms with E-state index in [2.05, 4.69) is 10.2 Å². The Morgan fingerprint density at radius 3 is 2.21 bits per heavy atom. The Labute approximate surface area is 172 Å². The monoisotopic (exact) mass is 428 g/mol. The fourth-order valence-electron chi connectivity index (χ4n) is 3.01. The van der Waals surface area contributed by atoms with Gasteiger partial charge in [0.2, 0.25) is 0 Å². The Balaban J connectivity index is 2.49. The molecule has 150 valence electrons. The molecule has 0 radical (unpaired) electrons. The van der Waals surface area contributed by atoms with Gasteiger partial charge in [-0.2, -0.15) is 0 Å². The van der Waals surface area contributed by atoms with E-state index >= 15 is 0 Å². The molecule has 0 saturated heterocycles. The predicted octanol–water partition coefficient (Wildman–Crippen LogP) is 7.61. The van der Waals surface area contributed by atoms with Crippen molar-refractivity contribution in [2.45, 2.75) is 44.9 Å². The standard InChI is InChI=1S/C20H20Cl2F2N2O2/c1-3-5-9-20(4-2,19(27)28)12-10-14(22)18(16(24)11-12)26-25-17-13(21)7-6-8-15(17)23/h6-8,10-11H,3-5,9H2,1-2H3,(H,27,28). The van der Waals surface area contributed by atoms with Crippen molar-refractivity contribution in [2.24, 2.45) is 10.2 Å². The van der Waals surface area contributed by atoms with E-state index in [0.717, 1.165) is 18.6 Å². The van der Waals surface area contributed by atoms with Gasteiger partial charge in [-0.25, -0.2) is 8.78 Å². The average Bonchev–Trinajstić information content (AvgIpc) is 2.63. The maximum atomic E-state index is 14.7. The quantitative estimate of drug-likeness (QED) is 0.439. The van der Waals surface area contributed by atoms with E-state index < -0.39 is 23.0 Å². The molecule has 4 nitrogen and oxygen atoms in total. The van der Waals surface area contributed by atoms with Crippen LogP contribution in [0.3, 0.4) is 0 Å². The highest BCUT2D eigenvalue weighted by atomic mass is 35.5. The number of halogens is 4. The Morgan fingerprint density at radius 2 is 1.71 bits per heavy atom. The van der Waals surface area contributed by atoms with Crippen molar-refractivity contribution in [1.82, 2.24) is 0 Å². The number of hydrogen-bond acceptors (Lipinski definition) is 3. The first-order valence-electron chi connectivity index (χ1n) is 8.85. The van der Waals surface area contributed by atoms with Crippen LogP contribution in [-0.4, -0.2) is 11.1 Å². The van der Waals surface area contributed by atoms with Gasteiger partial charge in [-0.05, 0) is 42.7 Å². The lowest BCUT2D eigenvalue weighted by Gasteiger charge is -2.29. The number of carboxylic acids is 1.